The molecular formula is C22H21N5O. The fraction of sp³-hybridized carbons (Fsp3) is 0.182. The SMILES string of the molecule is CCN(Cc1nc2ccccc2c(=O)[nH]1)c1cc(C)nc(-c2ccccc2)n1. The Morgan fingerprint density at radius 3 is 2.50 bits per heavy atom. The van der Waals surface area contributed by atoms with E-state index in [1.807, 2.05) is 61.5 Å². The second-order valence-electron chi connectivity index (χ2n) is 6.60. The molecule has 28 heavy (non-hydrogen) atoms. The number of nitrogens with one attached hydrogen (secondary N) is 1. The molecule has 0 aliphatic heterocycles. The van der Waals surface area contributed by atoms with Gasteiger partial charge in [-0.15, -0.1) is 0 Å². The van der Waals surface area contributed by atoms with Crippen LogP contribution in [0.2, 0.25) is 0 Å². The Morgan fingerprint density at radius 2 is 1.71 bits per heavy atom. The van der Waals surface area contributed by atoms with Crippen molar-refractivity contribution in [2.24, 2.45) is 0 Å². The van der Waals surface area contributed by atoms with Gasteiger partial charge in [0.25, 0.3) is 5.56 Å². The molecule has 2 aromatic carbocycles. The van der Waals surface area contributed by atoms with E-state index in [2.05, 4.69) is 26.8 Å². The molecule has 0 unspecified atom stereocenters. The van der Waals surface area contributed by atoms with Crippen LogP contribution in [0.4, 0.5) is 5.82 Å². The van der Waals surface area contributed by atoms with Gasteiger partial charge >= 0.3 is 0 Å². The van der Waals surface area contributed by atoms with E-state index in [1.54, 1.807) is 6.07 Å². The maximum Gasteiger partial charge on any atom is 0.258 e. The van der Waals surface area contributed by atoms with E-state index in [0.29, 0.717) is 29.1 Å². The molecule has 4 rings (SSSR count). The molecular weight excluding hydrogens is 350 g/mol. The quantitative estimate of drug-likeness (QED) is 0.579. The van der Waals surface area contributed by atoms with Crippen molar-refractivity contribution in [3.8, 4) is 11.4 Å². The summed E-state index contributed by atoms with van der Waals surface area (Å²) >= 11 is 0. The molecule has 2 heterocycles. The van der Waals surface area contributed by atoms with Crippen molar-refractivity contribution in [2.45, 2.75) is 20.4 Å². The Morgan fingerprint density at radius 1 is 0.964 bits per heavy atom. The number of aromatic amines is 1. The van der Waals surface area contributed by atoms with Crippen LogP contribution in [-0.2, 0) is 6.54 Å². The van der Waals surface area contributed by atoms with Gasteiger partial charge in [0, 0.05) is 23.9 Å². The molecule has 0 saturated carbocycles. The highest BCUT2D eigenvalue weighted by Gasteiger charge is 2.13. The van der Waals surface area contributed by atoms with E-state index >= 15 is 0 Å². The number of fused-ring (bicyclic) bond motifs is 1. The lowest BCUT2D eigenvalue weighted by molar-refractivity contribution is 0.766. The Hall–Kier alpha value is -3.54. The summed E-state index contributed by atoms with van der Waals surface area (Å²) in [6.07, 6.45) is 0. The summed E-state index contributed by atoms with van der Waals surface area (Å²) < 4.78 is 0. The number of benzene rings is 2. The van der Waals surface area contributed by atoms with Crippen LogP contribution in [0, 0.1) is 6.92 Å². The molecule has 4 aromatic rings. The number of aromatic nitrogens is 4. The van der Waals surface area contributed by atoms with Crippen LogP contribution in [0.5, 0.6) is 0 Å². The van der Waals surface area contributed by atoms with E-state index in [0.717, 1.165) is 23.6 Å². The van der Waals surface area contributed by atoms with Gasteiger partial charge in [0.05, 0.1) is 17.4 Å². The fourth-order valence-electron chi connectivity index (χ4n) is 3.18. The molecule has 0 amide bonds. The zero-order valence-corrected chi connectivity index (χ0v) is 15.9. The number of anilines is 1. The summed E-state index contributed by atoms with van der Waals surface area (Å²) in [6, 6.07) is 19.2. The normalized spacial score (nSPS) is 10.9. The smallest absolute Gasteiger partial charge is 0.258 e. The van der Waals surface area contributed by atoms with Gasteiger partial charge in [-0.3, -0.25) is 4.79 Å². The Balaban J connectivity index is 1.70. The number of hydrogen-bond donors (Lipinski definition) is 1. The van der Waals surface area contributed by atoms with E-state index in [9.17, 15) is 4.79 Å². The summed E-state index contributed by atoms with van der Waals surface area (Å²) in [6.45, 7) is 5.20. The second-order valence-corrected chi connectivity index (χ2v) is 6.60. The van der Waals surface area contributed by atoms with Crippen molar-refractivity contribution in [1.82, 2.24) is 19.9 Å². The molecule has 0 radical (unpaired) electrons. The standard InChI is InChI=1S/C22H21N5O/c1-3-27(14-19-24-18-12-8-7-11-17(18)22(28)25-19)20-13-15(2)23-21(26-20)16-9-5-4-6-10-16/h4-13H,3,14H2,1-2H3,(H,24,25,28). The minimum absolute atomic E-state index is 0.125. The predicted molar refractivity (Wildman–Crippen MR) is 111 cm³/mol. The molecule has 0 spiro atoms. The highest BCUT2D eigenvalue weighted by molar-refractivity contribution is 5.77. The topological polar surface area (TPSA) is 74.8 Å². The molecule has 2 aromatic heterocycles. The molecule has 0 bridgehead atoms. The van der Waals surface area contributed by atoms with E-state index < -0.39 is 0 Å². The Kier molecular flexibility index (Phi) is 4.85. The summed E-state index contributed by atoms with van der Waals surface area (Å²) in [5.41, 5.74) is 2.43. The predicted octanol–water partition coefficient (Wildman–Crippen LogP) is 3.72. The summed E-state index contributed by atoms with van der Waals surface area (Å²) in [7, 11) is 0. The summed E-state index contributed by atoms with van der Waals surface area (Å²) in [5, 5.41) is 0.596. The van der Waals surface area contributed by atoms with Crippen LogP contribution >= 0.6 is 0 Å². The molecule has 0 atom stereocenters. The van der Waals surface area contributed by atoms with Crippen molar-refractivity contribution in [1.29, 1.82) is 0 Å². The number of nitrogens with zero attached hydrogens (tertiary/aromatic N) is 4. The van der Waals surface area contributed by atoms with Crippen LogP contribution in [0.1, 0.15) is 18.4 Å². The second kappa shape index (κ2) is 7.60. The lowest BCUT2D eigenvalue weighted by atomic mass is 10.2. The van der Waals surface area contributed by atoms with Crippen molar-refractivity contribution in [3.05, 3.63) is 82.5 Å². The third-order valence-electron chi connectivity index (χ3n) is 4.58. The van der Waals surface area contributed by atoms with E-state index in [1.165, 1.54) is 0 Å². The molecule has 140 valence electrons. The lowest BCUT2D eigenvalue weighted by Crippen LogP contribution is -2.26. The average molecular weight is 371 g/mol. The third kappa shape index (κ3) is 3.62. The van der Waals surface area contributed by atoms with Crippen LogP contribution in [0.25, 0.3) is 22.3 Å². The number of rotatable bonds is 5. The molecule has 0 fully saturated rings. The van der Waals surface area contributed by atoms with Gasteiger partial charge in [-0.2, -0.15) is 0 Å². The van der Waals surface area contributed by atoms with Crippen LogP contribution in [0.15, 0.2) is 65.5 Å². The first kappa shape index (κ1) is 17.9. The number of para-hydroxylation sites is 1. The third-order valence-corrected chi connectivity index (χ3v) is 4.58. The first-order chi connectivity index (χ1) is 13.6. The fourth-order valence-corrected chi connectivity index (χ4v) is 3.18. The molecule has 6 nitrogen and oxygen atoms in total. The molecule has 0 saturated heterocycles. The average Bonchev–Trinajstić information content (AvgIpc) is 2.72. The Bertz CT molecular complexity index is 1170. The zero-order chi connectivity index (χ0) is 19.5. The van der Waals surface area contributed by atoms with E-state index in [4.69, 9.17) is 4.98 Å². The number of aryl methyl sites for hydroxylation is 1. The van der Waals surface area contributed by atoms with Crippen molar-refractivity contribution in [2.75, 3.05) is 11.4 Å². The monoisotopic (exact) mass is 371 g/mol. The molecule has 0 aliphatic carbocycles. The largest absolute Gasteiger partial charge is 0.349 e. The number of hydrogen-bond acceptors (Lipinski definition) is 5. The van der Waals surface area contributed by atoms with Crippen molar-refractivity contribution < 1.29 is 0 Å². The lowest BCUT2D eigenvalue weighted by Gasteiger charge is -2.22. The maximum atomic E-state index is 12.4. The van der Waals surface area contributed by atoms with Crippen molar-refractivity contribution >= 4 is 16.7 Å². The van der Waals surface area contributed by atoms with Crippen molar-refractivity contribution in [3.63, 3.8) is 0 Å². The van der Waals surface area contributed by atoms with Crippen LogP contribution < -0.4 is 10.5 Å². The van der Waals surface area contributed by atoms with Gasteiger partial charge in [0.2, 0.25) is 0 Å². The minimum atomic E-state index is -0.125. The highest BCUT2D eigenvalue weighted by Crippen LogP contribution is 2.21. The molecule has 6 heteroatoms. The van der Waals surface area contributed by atoms with Gasteiger partial charge in [-0.1, -0.05) is 42.5 Å². The zero-order valence-electron chi connectivity index (χ0n) is 15.9. The van der Waals surface area contributed by atoms with Gasteiger partial charge < -0.3 is 9.88 Å². The molecule has 0 aliphatic rings. The minimum Gasteiger partial charge on any atom is -0.349 e. The molecule has 1 N–H and O–H groups in total. The Labute approximate surface area is 162 Å². The highest BCUT2D eigenvalue weighted by atomic mass is 16.1. The first-order valence-corrected chi connectivity index (χ1v) is 9.28. The number of H-pyrrole nitrogens is 1. The van der Waals surface area contributed by atoms with Crippen LogP contribution in [-0.4, -0.2) is 26.5 Å². The van der Waals surface area contributed by atoms with Gasteiger partial charge in [-0.05, 0) is 26.0 Å². The van der Waals surface area contributed by atoms with Gasteiger partial charge in [0.15, 0.2) is 5.82 Å². The summed E-state index contributed by atoms with van der Waals surface area (Å²) in [4.78, 5) is 31.3. The van der Waals surface area contributed by atoms with Crippen LogP contribution in [0.3, 0.4) is 0 Å². The van der Waals surface area contributed by atoms with E-state index in [-0.39, 0.29) is 5.56 Å². The van der Waals surface area contributed by atoms with Gasteiger partial charge in [0.1, 0.15) is 11.6 Å². The summed E-state index contributed by atoms with van der Waals surface area (Å²) in [5.74, 6) is 2.11. The first-order valence-electron chi connectivity index (χ1n) is 9.28. The maximum absolute atomic E-state index is 12.4. The van der Waals surface area contributed by atoms with Gasteiger partial charge in [-0.25, -0.2) is 15.0 Å².